The predicted octanol–water partition coefficient (Wildman–Crippen LogP) is 4.43. The van der Waals surface area contributed by atoms with E-state index in [9.17, 15) is 4.79 Å². The largest absolute Gasteiger partial charge is 0.368 e. The van der Waals surface area contributed by atoms with E-state index in [0.717, 1.165) is 29.4 Å². The fraction of sp³-hybridized carbons (Fsp3) is 0.550. The molecule has 2 heterocycles. The number of aryl methyl sites for hydroxylation is 1. The van der Waals surface area contributed by atoms with E-state index in [2.05, 4.69) is 24.1 Å². The van der Waals surface area contributed by atoms with Crippen LogP contribution >= 0.6 is 0 Å². The van der Waals surface area contributed by atoms with Crippen LogP contribution in [-0.2, 0) is 4.74 Å². The number of H-pyrrole nitrogens is 1. The number of nitrogens with one attached hydrogen (secondary N) is 2. The Morgan fingerprint density at radius 1 is 1.32 bits per heavy atom. The zero-order chi connectivity index (χ0) is 17.4. The lowest BCUT2D eigenvalue weighted by molar-refractivity contribution is -0.152. The number of amides is 2. The SMILES string of the molecule is Cc1c[nH]c2ccc(NC(=O)N3C[C@H](C)OC4(CCCCC4)C3)cc12. The number of hydrogen-bond acceptors (Lipinski definition) is 2. The third kappa shape index (κ3) is 3.25. The van der Waals surface area contributed by atoms with E-state index >= 15 is 0 Å². The topological polar surface area (TPSA) is 57.4 Å². The Morgan fingerprint density at radius 2 is 2.12 bits per heavy atom. The Labute approximate surface area is 148 Å². The zero-order valence-corrected chi connectivity index (χ0v) is 15.1. The number of nitrogens with zero attached hydrogens (tertiary/aromatic N) is 1. The van der Waals surface area contributed by atoms with Crippen molar-refractivity contribution in [2.45, 2.75) is 57.7 Å². The van der Waals surface area contributed by atoms with E-state index in [1.165, 1.54) is 24.8 Å². The van der Waals surface area contributed by atoms with E-state index in [4.69, 9.17) is 4.74 Å². The van der Waals surface area contributed by atoms with Crippen LogP contribution in [-0.4, -0.2) is 40.7 Å². The van der Waals surface area contributed by atoms with E-state index in [0.29, 0.717) is 13.1 Å². The number of ether oxygens (including phenoxy) is 1. The Hall–Kier alpha value is -2.01. The molecule has 1 saturated carbocycles. The van der Waals surface area contributed by atoms with Crippen LogP contribution in [0.4, 0.5) is 10.5 Å². The van der Waals surface area contributed by atoms with Crippen molar-refractivity contribution >= 4 is 22.6 Å². The van der Waals surface area contributed by atoms with Crippen molar-refractivity contribution in [3.8, 4) is 0 Å². The summed E-state index contributed by atoms with van der Waals surface area (Å²) in [4.78, 5) is 18.0. The second-order valence-electron chi connectivity index (χ2n) is 7.71. The zero-order valence-electron chi connectivity index (χ0n) is 15.1. The first-order valence-electron chi connectivity index (χ1n) is 9.36. The Kier molecular flexibility index (Phi) is 4.20. The smallest absolute Gasteiger partial charge is 0.322 e. The van der Waals surface area contributed by atoms with Crippen LogP contribution in [0.25, 0.3) is 10.9 Å². The highest BCUT2D eigenvalue weighted by Crippen LogP contribution is 2.36. The molecule has 2 aliphatic rings. The fourth-order valence-electron chi connectivity index (χ4n) is 4.39. The Morgan fingerprint density at radius 3 is 2.92 bits per heavy atom. The number of carbonyl (C=O) groups excluding carboxylic acids is 1. The maximum absolute atomic E-state index is 12.8. The first-order chi connectivity index (χ1) is 12.0. The molecule has 1 aliphatic carbocycles. The number of hydrogen-bond donors (Lipinski definition) is 2. The van der Waals surface area contributed by atoms with Gasteiger partial charge in [0.1, 0.15) is 0 Å². The second-order valence-corrected chi connectivity index (χ2v) is 7.71. The van der Waals surface area contributed by atoms with E-state index in [1.54, 1.807) is 0 Å². The summed E-state index contributed by atoms with van der Waals surface area (Å²) in [6.45, 7) is 5.50. The highest BCUT2D eigenvalue weighted by Gasteiger charge is 2.41. The highest BCUT2D eigenvalue weighted by atomic mass is 16.5. The molecule has 2 fully saturated rings. The van der Waals surface area contributed by atoms with Crippen molar-refractivity contribution in [2.75, 3.05) is 18.4 Å². The minimum atomic E-state index is -0.131. The number of anilines is 1. The van der Waals surface area contributed by atoms with Crippen molar-refractivity contribution in [2.24, 2.45) is 0 Å². The van der Waals surface area contributed by atoms with Gasteiger partial charge in [0.2, 0.25) is 0 Å². The van der Waals surface area contributed by atoms with Gasteiger partial charge in [0.15, 0.2) is 0 Å². The van der Waals surface area contributed by atoms with Gasteiger partial charge in [-0.2, -0.15) is 0 Å². The summed E-state index contributed by atoms with van der Waals surface area (Å²) < 4.78 is 6.28. The minimum Gasteiger partial charge on any atom is -0.368 e. The van der Waals surface area contributed by atoms with Gasteiger partial charge in [-0.15, -0.1) is 0 Å². The normalized spacial score (nSPS) is 23.1. The summed E-state index contributed by atoms with van der Waals surface area (Å²) in [5.74, 6) is 0. The predicted molar refractivity (Wildman–Crippen MR) is 100.0 cm³/mol. The first kappa shape index (κ1) is 16.5. The number of aromatic nitrogens is 1. The molecule has 5 heteroatoms. The lowest BCUT2D eigenvalue weighted by Crippen LogP contribution is -2.58. The summed E-state index contributed by atoms with van der Waals surface area (Å²) in [7, 11) is 0. The van der Waals surface area contributed by atoms with Gasteiger partial charge in [-0.1, -0.05) is 19.3 Å². The van der Waals surface area contributed by atoms with Gasteiger partial charge in [0, 0.05) is 29.3 Å². The number of aromatic amines is 1. The average molecular weight is 341 g/mol. The molecule has 5 nitrogen and oxygen atoms in total. The Bertz CT molecular complexity index is 776. The molecule has 134 valence electrons. The molecule has 1 aromatic heterocycles. The summed E-state index contributed by atoms with van der Waals surface area (Å²) >= 11 is 0. The fourth-order valence-corrected chi connectivity index (χ4v) is 4.39. The molecular formula is C20H27N3O2. The quantitative estimate of drug-likeness (QED) is 0.806. The van der Waals surface area contributed by atoms with Crippen LogP contribution in [0.1, 0.15) is 44.6 Å². The molecule has 4 rings (SSSR count). The monoisotopic (exact) mass is 341 g/mol. The number of morpholine rings is 1. The number of carbonyl (C=O) groups is 1. The molecule has 1 aliphatic heterocycles. The Balaban J connectivity index is 1.50. The minimum absolute atomic E-state index is 0.0207. The molecule has 0 radical (unpaired) electrons. The van der Waals surface area contributed by atoms with E-state index < -0.39 is 0 Å². The summed E-state index contributed by atoms with van der Waals surface area (Å²) in [5.41, 5.74) is 3.00. The summed E-state index contributed by atoms with van der Waals surface area (Å²) in [5, 5.41) is 4.23. The van der Waals surface area contributed by atoms with Crippen LogP contribution in [0.5, 0.6) is 0 Å². The van der Waals surface area contributed by atoms with Gasteiger partial charge in [0.05, 0.1) is 18.2 Å². The van der Waals surface area contributed by atoms with Gasteiger partial charge in [0.25, 0.3) is 0 Å². The van der Waals surface area contributed by atoms with Gasteiger partial charge >= 0.3 is 6.03 Å². The molecule has 0 bridgehead atoms. The third-order valence-electron chi connectivity index (χ3n) is 5.60. The molecule has 2 N–H and O–H groups in total. The third-order valence-corrected chi connectivity index (χ3v) is 5.60. The summed E-state index contributed by atoms with van der Waals surface area (Å²) in [6.07, 6.45) is 7.89. The average Bonchev–Trinajstić information content (AvgIpc) is 2.95. The van der Waals surface area contributed by atoms with Crippen molar-refractivity contribution in [1.29, 1.82) is 0 Å². The molecular weight excluding hydrogens is 314 g/mol. The molecule has 25 heavy (non-hydrogen) atoms. The second kappa shape index (κ2) is 6.37. The number of rotatable bonds is 1. The summed E-state index contributed by atoms with van der Waals surface area (Å²) in [6, 6.07) is 5.99. The maximum Gasteiger partial charge on any atom is 0.322 e. The number of fused-ring (bicyclic) bond motifs is 1. The molecule has 1 saturated heterocycles. The van der Waals surface area contributed by atoms with Gasteiger partial charge in [-0.3, -0.25) is 0 Å². The van der Waals surface area contributed by atoms with Gasteiger partial charge in [-0.05, 0) is 50.5 Å². The molecule has 1 aromatic carbocycles. The molecule has 1 spiro atoms. The van der Waals surface area contributed by atoms with Crippen LogP contribution < -0.4 is 5.32 Å². The lowest BCUT2D eigenvalue weighted by atomic mass is 9.83. The van der Waals surface area contributed by atoms with Crippen LogP contribution in [0, 0.1) is 6.92 Å². The van der Waals surface area contributed by atoms with Crippen molar-refractivity contribution < 1.29 is 9.53 Å². The molecule has 1 atom stereocenters. The van der Waals surface area contributed by atoms with Gasteiger partial charge in [-0.25, -0.2) is 4.79 Å². The number of benzene rings is 1. The van der Waals surface area contributed by atoms with Crippen LogP contribution in [0.2, 0.25) is 0 Å². The van der Waals surface area contributed by atoms with E-state index in [-0.39, 0.29) is 17.7 Å². The van der Waals surface area contributed by atoms with Crippen LogP contribution in [0.15, 0.2) is 24.4 Å². The standard InChI is InChI=1S/C20H27N3O2/c1-14-11-21-18-7-6-16(10-17(14)18)22-19(24)23-12-15(2)25-20(13-23)8-4-3-5-9-20/h6-7,10-11,15,21H,3-5,8-9,12-13H2,1-2H3,(H,22,24)/t15-/m0/s1. The number of urea groups is 1. The van der Waals surface area contributed by atoms with Crippen molar-refractivity contribution in [1.82, 2.24) is 9.88 Å². The van der Waals surface area contributed by atoms with Gasteiger partial charge < -0.3 is 19.9 Å². The van der Waals surface area contributed by atoms with Crippen molar-refractivity contribution in [3.63, 3.8) is 0 Å². The molecule has 2 aromatic rings. The van der Waals surface area contributed by atoms with Crippen molar-refractivity contribution in [3.05, 3.63) is 30.0 Å². The molecule has 2 amide bonds. The highest BCUT2D eigenvalue weighted by molar-refractivity contribution is 5.93. The van der Waals surface area contributed by atoms with Crippen LogP contribution in [0.3, 0.4) is 0 Å². The first-order valence-corrected chi connectivity index (χ1v) is 9.36. The lowest BCUT2D eigenvalue weighted by Gasteiger charge is -2.47. The van der Waals surface area contributed by atoms with E-state index in [1.807, 2.05) is 29.3 Å². The molecule has 0 unspecified atom stereocenters. The maximum atomic E-state index is 12.8.